The van der Waals surface area contributed by atoms with Gasteiger partial charge in [-0.15, -0.1) is 0 Å². The molecule has 0 bridgehead atoms. The molecule has 0 aliphatic carbocycles. The summed E-state index contributed by atoms with van der Waals surface area (Å²) in [5.74, 6) is -0.261. The Hall–Kier alpha value is -0.580. The zero-order valence-electron chi connectivity index (χ0n) is 6.95. The fourth-order valence-corrected chi connectivity index (χ4v) is 2.78. The van der Waals surface area contributed by atoms with Crippen LogP contribution in [0, 0.1) is 5.92 Å². The first-order chi connectivity index (χ1) is 5.55. The molecule has 1 fully saturated rings. The summed E-state index contributed by atoms with van der Waals surface area (Å²) in [6, 6.07) is 0. The highest BCUT2D eigenvalue weighted by atomic mass is 32.2. The van der Waals surface area contributed by atoms with Gasteiger partial charge >= 0.3 is 5.97 Å². The predicted octanol–water partition coefficient (Wildman–Crippen LogP) is -0.0158. The second-order valence-electron chi connectivity index (χ2n) is 2.95. The molecule has 4 nitrogen and oxygen atoms in total. The second kappa shape index (κ2) is 3.43. The highest BCUT2D eigenvalue weighted by molar-refractivity contribution is 7.91. The van der Waals surface area contributed by atoms with Gasteiger partial charge in [0, 0.05) is 0 Å². The van der Waals surface area contributed by atoms with E-state index >= 15 is 0 Å². The van der Waals surface area contributed by atoms with E-state index in [0.29, 0.717) is 12.8 Å². The normalized spacial score (nSPS) is 23.4. The summed E-state index contributed by atoms with van der Waals surface area (Å²) in [6.07, 6.45) is 0.823. The van der Waals surface area contributed by atoms with Crippen molar-refractivity contribution in [1.29, 1.82) is 0 Å². The third kappa shape index (κ3) is 2.20. The van der Waals surface area contributed by atoms with E-state index in [4.69, 9.17) is 0 Å². The third-order valence-electron chi connectivity index (χ3n) is 2.09. The van der Waals surface area contributed by atoms with E-state index in [1.165, 1.54) is 7.11 Å². The number of rotatable bonds is 1. The Morgan fingerprint density at radius 3 is 2.25 bits per heavy atom. The molecule has 70 valence electrons. The quantitative estimate of drug-likeness (QED) is 0.548. The van der Waals surface area contributed by atoms with Gasteiger partial charge in [0.05, 0.1) is 24.5 Å². The molecule has 0 N–H and O–H groups in total. The number of esters is 1. The van der Waals surface area contributed by atoms with E-state index in [9.17, 15) is 13.2 Å². The minimum Gasteiger partial charge on any atom is -0.469 e. The Kier molecular flexibility index (Phi) is 2.72. The van der Waals surface area contributed by atoms with Crippen LogP contribution in [0.25, 0.3) is 0 Å². The monoisotopic (exact) mass is 192 g/mol. The minimum absolute atomic E-state index is 0.118. The summed E-state index contributed by atoms with van der Waals surface area (Å²) in [5.41, 5.74) is 0. The van der Waals surface area contributed by atoms with Crippen LogP contribution in [-0.4, -0.2) is 33.0 Å². The van der Waals surface area contributed by atoms with Gasteiger partial charge in [0.25, 0.3) is 0 Å². The first-order valence-corrected chi connectivity index (χ1v) is 5.65. The molecule has 0 aromatic carbocycles. The van der Waals surface area contributed by atoms with Crippen molar-refractivity contribution >= 4 is 15.8 Å². The molecule has 1 heterocycles. The summed E-state index contributed by atoms with van der Waals surface area (Å²) < 4.78 is 26.4. The Bertz CT molecular complexity index is 253. The molecule has 12 heavy (non-hydrogen) atoms. The van der Waals surface area contributed by atoms with E-state index in [-0.39, 0.29) is 23.4 Å². The second-order valence-corrected chi connectivity index (χ2v) is 5.25. The van der Waals surface area contributed by atoms with Crippen LogP contribution in [0.5, 0.6) is 0 Å². The fourth-order valence-electron chi connectivity index (χ4n) is 1.29. The number of sulfone groups is 1. The van der Waals surface area contributed by atoms with Gasteiger partial charge in [-0.2, -0.15) is 0 Å². The topological polar surface area (TPSA) is 60.4 Å². The van der Waals surface area contributed by atoms with Crippen LogP contribution >= 0.6 is 0 Å². The SMILES string of the molecule is COC(=O)C1CCS(=O)(=O)CC1. The van der Waals surface area contributed by atoms with Crippen LogP contribution in [0.2, 0.25) is 0 Å². The van der Waals surface area contributed by atoms with Gasteiger partial charge < -0.3 is 4.74 Å². The van der Waals surface area contributed by atoms with Crippen LogP contribution < -0.4 is 0 Å². The molecule has 0 aromatic heterocycles. The van der Waals surface area contributed by atoms with Crippen LogP contribution in [-0.2, 0) is 19.4 Å². The first kappa shape index (κ1) is 9.51. The average molecular weight is 192 g/mol. The number of carbonyl (C=O) groups excluding carboxylic acids is 1. The van der Waals surface area contributed by atoms with E-state index in [2.05, 4.69) is 4.74 Å². The molecule has 1 saturated heterocycles. The standard InChI is InChI=1S/C7H12O4S/c1-11-7(8)6-2-4-12(9,10)5-3-6/h6H,2-5H2,1H3. The highest BCUT2D eigenvalue weighted by Gasteiger charge is 2.28. The van der Waals surface area contributed by atoms with Crippen LogP contribution in [0.3, 0.4) is 0 Å². The molecular formula is C7H12O4S. The van der Waals surface area contributed by atoms with Gasteiger partial charge in [0.15, 0.2) is 0 Å². The summed E-state index contributed by atoms with van der Waals surface area (Å²) in [4.78, 5) is 11.0. The molecule has 0 aromatic rings. The van der Waals surface area contributed by atoms with Gasteiger partial charge in [0.1, 0.15) is 9.84 Å². The lowest BCUT2D eigenvalue weighted by atomic mass is 10.0. The number of carbonyl (C=O) groups is 1. The maximum absolute atomic E-state index is 11.0. The lowest BCUT2D eigenvalue weighted by molar-refractivity contribution is -0.145. The van der Waals surface area contributed by atoms with E-state index in [1.807, 2.05) is 0 Å². The lowest BCUT2D eigenvalue weighted by Crippen LogP contribution is -2.28. The van der Waals surface area contributed by atoms with Crippen molar-refractivity contribution in [3.05, 3.63) is 0 Å². The third-order valence-corrected chi connectivity index (χ3v) is 3.80. The van der Waals surface area contributed by atoms with Crippen molar-refractivity contribution < 1.29 is 17.9 Å². The lowest BCUT2D eigenvalue weighted by Gasteiger charge is -2.19. The maximum Gasteiger partial charge on any atom is 0.308 e. The molecule has 0 unspecified atom stereocenters. The number of hydrogen-bond donors (Lipinski definition) is 0. The Labute approximate surface area is 71.8 Å². The van der Waals surface area contributed by atoms with Gasteiger partial charge in [-0.05, 0) is 12.8 Å². The molecule has 0 saturated carbocycles. The molecule has 0 spiro atoms. The van der Waals surface area contributed by atoms with Gasteiger partial charge in [0.2, 0.25) is 0 Å². The molecule has 1 rings (SSSR count). The highest BCUT2D eigenvalue weighted by Crippen LogP contribution is 2.19. The molecule has 5 heteroatoms. The van der Waals surface area contributed by atoms with Gasteiger partial charge in [-0.25, -0.2) is 8.42 Å². The summed E-state index contributed by atoms with van der Waals surface area (Å²) in [6.45, 7) is 0. The van der Waals surface area contributed by atoms with Crippen molar-refractivity contribution in [1.82, 2.24) is 0 Å². The zero-order chi connectivity index (χ0) is 9.19. The van der Waals surface area contributed by atoms with Crippen molar-refractivity contribution in [3.8, 4) is 0 Å². The minimum atomic E-state index is -2.87. The smallest absolute Gasteiger partial charge is 0.308 e. The summed E-state index contributed by atoms with van der Waals surface area (Å²) in [7, 11) is -1.54. The van der Waals surface area contributed by atoms with Crippen molar-refractivity contribution in [2.45, 2.75) is 12.8 Å². The number of hydrogen-bond acceptors (Lipinski definition) is 4. The summed E-state index contributed by atoms with van der Waals surface area (Å²) >= 11 is 0. The molecule has 0 atom stereocenters. The first-order valence-electron chi connectivity index (χ1n) is 3.83. The van der Waals surface area contributed by atoms with E-state index < -0.39 is 9.84 Å². The van der Waals surface area contributed by atoms with Gasteiger partial charge in [-0.3, -0.25) is 4.79 Å². The molecule has 1 aliphatic rings. The Morgan fingerprint density at radius 2 is 1.83 bits per heavy atom. The molecule has 0 radical (unpaired) electrons. The van der Waals surface area contributed by atoms with Crippen LogP contribution in [0.1, 0.15) is 12.8 Å². The Balaban J connectivity index is 2.52. The molecular weight excluding hydrogens is 180 g/mol. The van der Waals surface area contributed by atoms with E-state index in [0.717, 1.165) is 0 Å². The fraction of sp³-hybridized carbons (Fsp3) is 0.857. The maximum atomic E-state index is 11.0. The van der Waals surface area contributed by atoms with Gasteiger partial charge in [-0.1, -0.05) is 0 Å². The largest absolute Gasteiger partial charge is 0.469 e. The van der Waals surface area contributed by atoms with Crippen molar-refractivity contribution in [2.75, 3.05) is 18.6 Å². The molecule has 1 aliphatic heterocycles. The van der Waals surface area contributed by atoms with Crippen molar-refractivity contribution in [2.24, 2.45) is 5.92 Å². The van der Waals surface area contributed by atoms with Crippen molar-refractivity contribution in [3.63, 3.8) is 0 Å². The van der Waals surface area contributed by atoms with E-state index in [1.54, 1.807) is 0 Å². The predicted molar refractivity (Wildman–Crippen MR) is 43.4 cm³/mol. The molecule has 0 amide bonds. The summed E-state index contributed by atoms with van der Waals surface area (Å²) in [5, 5.41) is 0. The van der Waals surface area contributed by atoms with Crippen LogP contribution in [0.4, 0.5) is 0 Å². The number of methoxy groups -OCH3 is 1. The number of ether oxygens (including phenoxy) is 1. The Morgan fingerprint density at radius 1 is 1.33 bits per heavy atom. The zero-order valence-corrected chi connectivity index (χ0v) is 7.76. The van der Waals surface area contributed by atoms with Crippen LogP contribution in [0.15, 0.2) is 0 Å². The average Bonchev–Trinajstić information content (AvgIpc) is 2.03.